The Bertz CT molecular complexity index is 468. The van der Waals surface area contributed by atoms with Crippen molar-refractivity contribution in [2.45, 2.75) is 25.9 Å². The van der Waals surface area contributed by atoms with E-state index >= 15 is 0 Å². The van der Waals surface area contributed by atoms with Crippen molar-refractivity contribution < 1.29 is 18.7 Å². The van der Waals surface area contributed by atoms with E-state index in [-0.39, 0.29) is 11.1 Å². The number of halogens is 2. The largest absolute Gasteiger partial charge is 0.393 e. The third kappa shape index (κ3) is 2.51. The van der Waals surface area contributed by atoms with Crippen molar-refractivity contribution in [2.24, 2.45) is 0 Å². The molecule has 1 fully saturated rings. The van der Waals surface area contributed by atoms with E-state index in [0.29, 0.717) is 25.9 Å². The van der Waals surface area contributed by atoms with Crippen molar-refractivity contribution in [3.63, 3.8) is 0 Å². The fourth-order valence-electron chi connectivity index (χ4n) is 2.06. The average Bonchev–Trinajstić information content (AvgIpc) is 2.34. The molecule has 0 bridgehead atoms. The molecule has 1 saturated heterocycles. The lowest BCUT2D eigenvalue weighted by molar-refractivity contribution is 0.0542. The second kappa shape index (κ2) is 5.02. The summed E-state index contributed by atoms with van der Waals surface area (Å²) in [5.41, 5.74) is 0.141. The van der Waals surface area contributed by atoms with Gasteiger partial charge in [0.2, 0.25) is 0 Å². The summed E-state index contributed by atoms with van der Waals surface area (Å²) in [6, 6.07) is 1.97. The first-order valence-electron chi connectivity index (χ1n) is 5.92. The number of hydrogen-bond donors (Lipinski definition) is 1. The molecular weight excluding hydrogens is 240 g/mol. The molecule has 0 aliphatic carbocycles. The molecule has 18 heavy (non-hydrogen) atoms. The van der Waals surface area contributed by atoms with Gasteiger partial charge in [-0.25, -0.2) is 8.78 Å². The Morgan fingerprint density at radius 2 is 1.89 bits per heavy atom. The van der Waals surface area contributed by atoms with Gasteiger partial charge in [0.15, 0.2) is 0 Å². The highest BCUT2D eigenvalue weighted by Gasteiger charge is 2.24. The molecule has 0 atom stereocenters. The summed E-state index contributed by atoms with van der Waals surface area (Å²) < 4.78 is 26.7. The second-order valence-corrected chi connectivity index (χ2v) is 4.60. The smallest absolute Gasteiger partial charge is 0.256 e. The van der Waals surface area contributed by atoms with Crippen LogP contribution in [0.4, 0.5) is 8.78 Å². The number of aliphatic hydroxyl groups is 1. The minimum atomic E-state index is -0.839. The summed E-state index contributed by atoms with van der Waals surface area (Å²) in [4.78, 5) is 13.6. The number of nitrogens with zero attached hydrogens (tertiary/aromatic N) is 1. The SMILES string of the molecule is Cc1cc(C(=O)N2CCC(O)CC2)c(F)cc1F. The zero-order valence-electron chi connectivity index (χ0n) is 10.1. The molecule has 0 saturated carbocycles. The Hall–Kier alpha value is -1.49. The van der Waals surface area contributed by atoms with Crippen LogP contribution in [0.5, 0.6) is 0 Å². The van der Waals surface area contributed by atoms with Gasteiger partial charge in [0, 0.05) is 19.2 Å². The third-order valence-corrected chi connectivity index (χ3v) is 3.23. The van der Waals surface area contributed by atoms with Gasteiger partial charge in [0.05, 0.1) is 11.7 Å². The highest BCUT2D eigenvalue weighted by Crippen LogP contribution is 2.18. The van der Waals surface area contributed by atoms with Gasteiger partial charge < -0.3 is 10.0 Å². The van der Waals surface area contributed by atoms with Crippen molar-refractivity contribution in [3.05, 3.63) is 34.9 Å². The summed E-state index contributed by atoms with van der Waals surface area (Å²) in [6.07, 6.45) is 0.593. The first-order chi connectivity index (χ1) is 8.49. The number of amides is 1. The molecule has 1 aromatic rings. The molecule has 0 unspecified atom stereocenters. The number of carbonyl (C=O) groups is 1. The maximum atomic E-state index is 13.6. The van der Waals surface area contributed by atoms with E-state index in [0.717, 1.165) is 6.07 Å². The zero-order chi connectivity index (χ0) is 13.3. The maximum Gasteiger partial charge on any atom is 0.256 e. The van der Waals surface area contributed by atoms with E-state index in [1.54, 1.807) is 0 Å². The Labute approximate surface area is 104 Å². The van der Waals surface area contributed by atoms with E-state index in [4.69, 9.17) is 0 Å². The van der Waals surface area contributed by atoms with Crippen LogP contribution in [-0.2, 0) is 0 Å². The quantitative estimate of drug-likeness (QED) is 0.832. The van der Waals surface area contributed by atoms with Gasteiger partial charge in [-0.2, -0.15) is 0 Å². The summed E-state index contributed by atoms with van der Waals surface area (Å²) in [6.45, 7) is 2.29. The van der Waals surface area contributed by atoms with Crippen LogP contribution in [0.25, 0.3) is 0 Å². The lowest BCUT2D eigenvalue weighted by Gasteiger charge is -2.29. The van der Waals surface area contributed by atoms with Crippen molar-refractivity contribution >= 4 is 5.91 Å². The van der Waals surface area contributed by atoms with Gasteiger partial charge in [0.1, 0.15) is 11.6 Å². The van der Waals surface area contributed by atoms with Gasteiger partial charge in [-0.1, -0.05) is 0 Å². The lowest BCUT2D eigenvalue weighted by Crippen LogP contribution is -2.40. The lowest BCUT2D eigenvalue weighted by atomic mass is 10.0. The summed E-state index contributed by atoms with van der Waals surface area (Å²) in [5, 5.41) is 9.35. The predicted molar refractivity (Wildman–Crippen MR) is 62.2 cm³/mol. The van der Waals surface area contributed by atoms with Crippen LogP contribution in [0.3, 0.4) is 0 Å². The number of likely N-dealkylation sites (tertiary alicyclic amines) is 1. The Morgan fingerprint density at radius 1 is 1.28 bits per heavy atom. The number of piperidine rings is 1. The molecule has 98 valence electrons. The van der Waals surface area contributed by atoms with Crippen LogP contribution >= 0.6 is 0 Å². The number of carbonyl (C=O) groups excluding carboxylic acids is 1. The molecule has 1 aliphatic heterocycles. The van der Waals surface area contributed by atoms with Crippen LogP contribution in [0.15, 0.2) is 12.1 Å². The van der Waals surface area contributed by atoms with Crippen molar-refractivity contribution in [1.82, 2.24) is 4.90 Å². The van der Waals surface area contributed by atoms with Gasteiger partial charge in [-0.05, 0) is 31.4 Å². The molecule has 1 heterocycles. The molecule has 0 aromatic heterocycles. The van der Waals surface area contributed by atoms with Crippen LogP contribution in [0.1, 0.15) is 28.8 Å². The van der Waals surface area contributed by atoms with Crippen LogP contribution in [-0.4, -0.2) is 35.1 Å². The molecule has 5 heteroatoms. The van der Waals surface area contributed by atoms with Gasteiger partial charge in [0.25, 0.3) is 5.91 Å². The van der Waals surface area contributed by atoms with Crippen LogP contribution in [0, 0.1) is 18.6 Å². The Kier molecular flexibility index (Phi) is 3.61. The van der Waals surface area contributed by atoms with Crippen molar-refractivity contribution in [3.8, 4) is 0 Å². The molecule has 2 rings (SSSR count). The van der Waals surface area contributed by atoms with E-state index in [1.807, 2.05) is 0 Å². The number of aliphatic hydroxyl groups excluding tert-OH is 1. The van der Waals surface area contributed by atoms with Crippen LogP contribution < -0.4 is 0 Å². The highest BCUT2D eigenvalue weighted by molar-refractivity contribution is 5.94. The molecule has 0 spiro atoms. The monoisotopic (exact) mass is 255 g/mol. The molecule has 1 aliphatic rings. The predicted octanol–water partition coefficient (Wildman–Crippen LogP) is 1.87. The summed E-state index contributed by atoms with van der Waals surface area (Å²) in [7, 11) is 0. The second-order valence-electron chi connectivity index (χ2n) is 4.60. The fourth-order valence-corrected chi connectivity index (χ4v) is 2.06. The summed E-state index contributed by atoms with van der Waals surface area (Å²) >= 11 is 0. The van der Waals surface area contributed by atoms with E-state index in [2.05, 4.69) is 0 Å². The molecular formula is C13H15F2NO2. The molecule has 1 aromatic carbocycles. The van der Waals surface area contributed by atoms with Crippen molar-refractivity contribution in [1.29, 1.82) is 0 Å². The fraction of sp³-hybridized carbons (Fsp3) is 0.462. The first-order valence-corrected chi connectivity index (χ1v) is 5.92. The van der Waals surface area contributed by atoms with E-state index < -0.39 is 23.6 Å². The molecule has 1 N–H and O–H groups in total. The number of rotatable bonds is 1. The summed E-state index contributed by atoms with van der Waals surface area (Å²) in [5.74, 6) is -1.94. The maximum absolute atomic E-state index is 13.6. The normalized spacial score (nSPS) is 17.0. The Balaban J connectivity index is 2.21. The van der Waals surface area contributed by atoms with Crippen LogP contribution in [0.2, 0.25) is 0 Å². The number of aryl methyl sites for hydroxylation is 1. The first kappa shape index (κ1) is 13.0. The third-order valence-electron chi connectivity index (χ3n) is 3.23. The molecule has 0 radical (unpaired) electrons. The van der Waals surface area contributed by atoms with Gasteiger partial charge >= 0.3 is 0 Å². The van der Waals surface area contributed by atoms with E-state index in [1.165, 1.54) is 17.9 Å². The minimum absolute atomic E-state index is 0.106. The minimum Gasteiger partial charge on any atom is -0.393 e. The van der Waals surface area contributed by atoms with Gasteiger partial charge in [-0.3, -0.25) is 4.79 Å². The van der Waals surface area contributed by atoms with Crippen molar-refractivity contribution in [2.75, 3.05) is 13.1 Å². The standard InChI is InChI=1S/C13H15F2NO2/c1-8-6-10(12(15)7-11(8)14)13(18)16-4-2-9(17)3-5-16/h6-7,9,17H,2-5H2,1H3. The molecule has 3 nitrogen and oxygen atoms in total. The number of benzene rings is 1. The topological polar surface area (TPSA) is 40.5 Å². The highest BCUT2D eigenvalue weighted by atomic mass is 19.1. The average molecular weight is 255 g/mol. The number of hydrogen-bond acceptors (Lipinski definition) is 2. The van der Waals surface area contributed by atoms with E-state index in [9.17, 15) is 18.7 Å². The van der Waals surface area contributed by atoms with Gasteiger partial charge in [-0.15, -0.1) is 0 Å². The zero-order valence-corrected chi connectivity index (χ0v) is 10.1. The molecule has 1 amide bonds. The Morgan fingerprint density at radius 3 is 2.50 bits per heavy atom.